The molecule has 2 aliphatic heterocycles. The van der Waals surface area contributed by atoms with E-state index in [0.29, 0.717) is 11.3 Å². The van der Waals surface area contributed by atoms with Gasteiger partial charge < -0.3 is 5.11 Å². The van der Waals surface area contributed by atoms with E-state index in [2.05, 4.69) is 5.32 Å². The van der Waals surface area contributed by atoms with E-state index in [9.17, 15) is 24.3 Å². The maximum Gasteiger partial charge on any atom is 0.324 e. The third-order valence-corrected chi connectivity index (χ3v) is 7.33. The molecule has 3 aromatic rings. The first-order valence-electron chi connectivity index (χ1n) is 12.0. The van der Waals surface area contributed by atoms with E-state index in [1.807, 2.05) is 66.7 Å². The lowest BCUT2D eigenvalue weighted by molar-refractivity contribution is -0.147. The Morgan fingerprint density at radius 1 is 0.865 bits per heavy atom. The summed E-state index contributed by atoms with van der Waals surface area (Å²) in [5, 5.41) is 13.2. The van der Waals surface area contributed by atoms with Gasteiger partial charge in [0.1, 0.15) is 5.54 Å². The normalized spacial score (nSPS) is 25.0. The smallest absolute Gasteiger partial charge is 0.324 e. The fourth-order valence-electron chi connectivity index (χ4n) is 5.29. The molecule has 37 heavy (non-hydrogen) atoms. The summed E-state index contributed by atoms with van der Waals surface area (Å²) in [6, 6.07) is 22.9. The number of anilines is 1. The number of carbonyl (C=O) groups is 4. The number of ketones is 1. The molecule has 0 bridgehead atoms. The van der Waals surface area contributed by atoms with E-state index >= 15 is 0 Å². The maximum absolute atomic E-state index is 13.6. The molecular weight excluding hydrogens is 468 g/mol. The van der Waals surface area contributed by atoms with Crippen LogP contribution in [0.15, 0.2) is 78.9 Å². The molecule has 0 spiro atoms. The lowest BCUT2D eigenvalue weighted by Gasteiger charge is -2.27. The van der Waals surface area contributed by atoms with Crippen LogP contribution >= 0.6 is 0 Å². The van der Waals surface area contributed by atoms with Crippen molar-refractivity contribution >= 4 is 41.4 Å². The lowest BCUT2D eigenvalue weighted by Crippen LogP contribution is -2.53. The van der Waals surface area contributed by atoms with E-state index in [-0.39, 0.29) is 5.78 Å². The van der Waals surface area contributed by atoms with Crippen LogP contribution in [0.2, 0.25) is 0 Å². The first-order valence-corrected chi connectivity index (χ1v) is 12.0. The molecule has 3 aromatic carbocycles. The average Bonchev–Trinajstić information content (AvgIpc) is 3.37. The Bertz CT molecular complexity index is 1410. The summed E-state index contributed by atoms with van der Waals surface area (Å²) in [7, 11) is 0. The van der Waals surface area contributed by atoms with E-state index in [1.54, 1.807) is 24.3 Å². The number of hydrogen-bond donors (Lipinski definition) is 2. The molecular formula is C30H26N2O5. The summed E-state index contributed by atoms with van der Waals surface area (Å²) in [4.78, 5) is 52.2. The van der Waals surface area contributed by atoms with Gasteiger partial charge in [-0.1, -0.05) is 66.7 Å². The minimum Gasteiger partial charge on any atom is -0.480 e. The Labute approximate surface area is 214 Å². The second kappa shape index (κ2) is 9.26. The number of rotatable bonds is 6. The average molecular weight is 495 g/mol. The number of imide groups is 1. The second-order valence-electron chi connectivity index (χ2n) is 9.66. The van der Waals surface area contributed by atoms with Gasteiger partial charge in [-0.3, -0.25) is 24.5 Å². The third kappa shape index (κ3) is 4.17. The highest BCUT2D eigenvalue weighted by molar-refractivity contribution is 6.24. The van der Waals surface area contributed by atoms with Gasteiger partial charge >= 0.3 is 5.97 Å². The van der Waals surface area contributed by atoms with Crippen molar-refractivity contribution in [2.45, 2.75) is 25.4 Å². The standard InChI is InChI=1S/C30H26N2O5/c1-18(33)21-14-16-23(17-15-21)32-27(34)24-25(28(32)35)30(2,29(36)37)31-26(24)22-12-10-20(11-13-22)9-8-19-6-4-3-5-7-19/h3-17,24-26,31H,1-2H3,(H,36,37)/b9-8+. The monoisotopic (exact) mass is 494 g/mol. The molecule has 0 radical (unpaired) electrons. The summed E-state index contributed by atoms with van der Waals surface area (Å²) in [6.45, 7) is 2.89. The molecule has 0 saturated carbocycles. The highest BCUT2D eigenvalue weighted by Crippen LogP contribution is 2.49. The van der Waals surface area contributed by atoms with Crippen molar-refractivity contribution < 1.29 is 24.3 Å². The number of Topliss-reactive ketones (excluding diaryl/α,β-unsaturated/α-hetero) is 1. The molecule has 2 fully saturated rings. The molecule has 186 valence electrons. The Kier molecular flexibility index (Phi) is 6.09. The lowest BCUT2D eigenvalue weighted by atomic mass is 9.80. The number of carboxylic acids is 1. The molecule has 2 N–H and O–H groups in total. The van der Waals surface area contributed by atoms with Crippen LogP contribution < -0.4 is 10.2 Å². The van der Waals surface area contributed by atoms with Crippen LogP contribution in [0, 0.1) is 11.8 Å². The summed E-state index contributed by atoms with van der Waals surface area (Å²) in [6.07, 6.45) is 3.97. The molecule has 0 aliphatic carbocycles. The zero-order valence-corrected chi connectivity index (χ0v) is 20.4. The van der Waals surface area contributed by atoms with Crippen molar-refractivity contribution in [2.24, 2.45) is 11.8 Å². The summed E-state index contributed by atoms with van der Waals surface area (Å²) in [5.74, 6) is -4.30. The minimum atomic E-state index is -1.62. The number of hydrogen-bond acceptors (Lipinski definition) is 5. The number of carbonyl (C=O) groups excluding carboxylic acids is 3. The SMILES string of the molecule is CC(=O)c1ccc(N2C(=O)C3C(c4ccc(/C=C/c5ccccc5)cc4)NC(C)(C(=O)O)C3C2=O)cc1. The molecule has 2 aliphatic rings. The fraction of sp³-hybridized carbons (Fsp3) is 0.200. The van der Waals surface area contributed by atoms with Gasteiger partial charge in [0, 0.05) is 11.6 Å². The highest BCUT2D eigenvalue weighted by atomic mass is 16.4. The van der Waals surface area contributed by atoms with Crippen LogP contribution in [0.5, 0.6) is 0 Å². The molecule has 5 rings (SSSR count). The van der Waals surface area contributed by atoms with E-state index in [1.165, 1.54) is 13.8 Å². The van der Waals surface area contributed by atoms with Crippen LogP contribution in [0.4, 0.5) is 5.69 Å². The van der Waals surface area contributed by atoms with Crippen LogP contribution in [0.1, 0.15) is 46.9 Å². The Hall–Kier alpha value is -4.36. The number of nitrogens with one attached hydrogen (secondary N) is 1. The van der Waals surface area contributed by atoms with Gasteiger partial charge in [-0.15, -0.1) is 0 Å². The number of fused-ring (bicyclic) bond motifs is 1. The molecule has 2 heterocycles. The van der Waals surface area contributed by atoms with Crippen LogP contribution in [-0.4, -0.2) is 34.2 Å². The Morgan fingerprint density at radius 3 is 2.03 bits per heavy atom. The van der Waals surface area contributed by atoms with Crippen molar-refractivity contribution in [1.82, 2.24) is 5.32 Å². The number of nitrogens with zero attached hydrogens (tertiary/aromatic N) is 1. The number of amides is 2. The van der Waals surface area contributed by atoms with Crippen molar-refractivity contribution in [3.05, 3.63) is 101 Å². The van der Waals surface area contributed by atoms with Crippen molar-refractivity contribution in [2.75, 3.05) is 4.90 Å². The number of benzene rings is 3. The van der Waals surface area contributed by atoms with Crippen molar-refractivity contribution in [3.8, 4) is 0 Å². The summed E-state index contributed by atoms with van der Waals surface area (Å²) < 4.78 is 0. The largest absolute Gasteiger partial charge is 0.480 e. The van der Waals surface area contributed by atoms with E-state index < -0.39 is 41.2 Å². The predicted octanol–water partition coefficient (Wildman–Crippen LogP) is 4.35. The molecule has 2 saturated heterocycles. The molecule has 4 atom stereocenters. The van der Waals surface area contributed by atoms with E-state index in [0.717, 1.165) is 21.6 Å². The van der Waals surface area contributed by atoms with Crippen LogP contribution in [-0.2, 0) is 14.4 Å². The first kappa shape index (κ1) is 24.3. The number of carboxylic acid groups (broad SMARTS) is 1. The minimum absolute atomic E-state index is 0.132. The van der Waals surface area contributed by atoms with Gasteiger partial charge in [-0.2, -0.15) is 0 Å². The fourth-order valence-corrected chi connectivity index (χ4v) is 5.29. The number of aliphatic carboxylic acids is 1. The zero-order chi connectivity index (χ0) is 26.3. The van der Waals surface area contributed by atoms with Crippen LogP contribution in [0.3, 0.4) is 0 Å². The quantitative estimate of drug-likeness (QED) is 0.300. The maximum atomic E-state index is 13.6. The summed E-state index contributed by atoms with van der Waals surface area (Å²) >= 11 is 0. The molecule has 4 unspecified atom stereocenters. The third-order valence-electron chi connectivity index (χ3n) is 7.33. The molecule has 7 heteroatoms. The topological polar surface area (TPSA) is 104 Å². The van der Waals surface area contributed by atoms with Gasteiger partial charge in [0.05, 0.1) is 17.5 Å². The van der Waals surface area contributed by atoms with E-state index in [4.69, 9.17) is 0 Å². The molecule has 0 aromatic heterocycles. The van der Waals surface area contributed by atoms with Gasteiger partial charge in [0.15, 0.2) is 5.78 Å². The first-order chi connectivity index (χ1) is 17.7. The van der Waals surface area contributed by atoms with Gasteiger partial charge in [0.2, 0.25) is 11.8 Å². The molecule has 7 nitrogen and oxygen atoms in total. The second-order valence-corrected chi connectivity index (χ2v) is 9.66. The Morgan fingerprint density at radius 2 is 1.46 bits per heavy atom. The van der Waals surface area contributed by atoms with Crippen molar-refractivity contribution in [3.63, 3.8) is 0 Å². The van der Waals surface area contributed by atoms with Gasteiger partial charge in [-0.25, -0.2) is 4.90 Å². The highest BCUT2D eigenvalue weighted by Gasteiger charge is 2.66. The Balaban J connectivity index is 1.46. The van der Waals surface area contributed by atoms with Gasteiger partial charge in [0.25, 0.3) is 0 Å². The van der Waals surface area contributed by atoms with Crippen molar-refractivity contribution in [1.29, 1.82) is 0 Å². The van der Waals surface area contributed by atoms with Crippen LogP contribution in [0.25, 0.3) is 12.2 Å². The zero-order valence-electron chi connectivity index (χ0n) is 20.4. The summed E-state index contributed by atoms with van der Waals surface area (Å²) in [5.41, 5.74) is 1.90. The molecule has 2 amide bonds. The van der Waals surface area contributed by atoms with Gasteiger partial charge in [-0.05, 0) is 54.8 Å². The predicted molar refractivity (Wildman–Crippen MR) is 140 cm³/mol.